The van der Waals surface area contributed by atoms with Crippen molar-refractivity contribution in [2.45, 2.75) is 39.5 Å². The average Bonchev–Trinajstić information content (AvgIpc) is 2.66. The maximum absolute atomic E-state index is 10.8. The molecule has 0 radical (unpaired) electrons. The number of halogens is 1. The van der Waals surface area contributed by atoms with Crippen molar-refractivity contribution in [2.24, 2.45) is 0 Å². The van der Waals surface area contributed by atoms with Crippen molar-refractivity contribution in [1.82, 2.24) is 14.7 Å². The van der Waals surface area contributed by atoms with Crippen molar-refractivity contribution in [3.63, 3.8) is 0 Å². The Morgan fingerprint density at radius 1 is 1.60 bits per heavy atom. The molecule has 7 heteroatoms. The standard InChI is InChI=1S/C13H20BrN3O3/c1-3-17-11(13(14)9(2)15-17)8-16-4-5-20-10(7-16)6-12(18)19/h10H,3-8H2,1-2H3,(H,18,19). The summed E-state index contributed by atoms with van der Waals surface area (Å²) in [6.07, 6.45) is -0.164. The summed E-state index contributed by atoms with van der Waals surface area (Å²) in [5, 5.41) is 13.3. The van der Waals surface area contributed by atoms with Crippen LogP contribution in [0.1, 0.15) is 24.7 Å². The molecule has 0 bridgehead atoms. The van der Waals surface area contributed by atoms with Gasteiger partial charge >= 0.3 is 5.97 Å². The molecule has 0 spiro atoms. The fourth-order valence-corrected chi connectivity index (χ4v) is 2.88. The molecule has 1 saturated heterocycles. The summed E-state index contributed by atoms with van der Waals surface area (Å²) >= 11 is 3.59. The van der Waals surface area contributed by atoms with Crippen LogP contribution in [0, 0.1) is 6.92 Å². The molecule has 1 fully saturated rings. The lowest BCUT2D eigenvalue weighted by atomic mass is 10.2. The normalized spacial score (nSPS) is 20.2. The molecule has 1 aromatic heterocycles. The number of carbonyl (C=O) groups is 1. The molecule has 1 aromatic rings. The van der Waals surface area contributed by atoms with Crippen LogP contribution >= 0.6 is 15.9 Å². The van der Waals surface area contributed by atoms with Crippen LogP contribution < -0.4 is 0 Å². The maximum atomic E-state index is 10.8. The highest BCUT2D eigenvalue weighted by molar-refractivity contribution is 9.10. The number of aromatic nitrogens is 2. The van der Waals surface area contributed by atoms with E-state index in [1.165, 1.54) is 0 Å². The van der Waals surface area contributed by atoms with Crippen LogP contribution in [0.2, 0.25) is 0 Å². The topological polar surface area (TPSA) is 67.6 Å². The van der Waals surface area contributed by atoms with E-state index in [1.54, 1.807) is 0 Å². The fourth-order valence-electron chi connectivity index (χ4n) is 2.47. The molecular formula is C13H20BrN3O3. The number of nitrogens with zero attached hydrogens (tertiary/aromatic N) is 3. The van der Waals surface area contributed by atoms with Crippen molar-refractivity contribution in [3.8, 4) is 0 Å². The summed E-state index contributed by atoms with van der Waals surface area (Å²) in [4.78, 5) is 13.0. The monoisotopic (exact) mass is 345 g/mol. The van der Waals surface area contributed by atoms with Crippen LogP contribution in [-0.2, 0) is 22.6 Å². The fraction of sp³-hybridized carbons (Fsp3) is 0.692. The molecule has 2 rings (SSSR count). The van der Waals surface area contributed by atoms with Crippen LogP contribution in [0.5, 0.6) is 0 Å². The van der Waals surface area contributed by atoms with E-state index in [0.29, 0.717) is 13.2 Å². The molecule has 2 heterocycles. The van der Waals surface area contributed by atoms with Crippen molar-refractivity contribution < 1.29 is 14.6 Å². The van der Waals surface area contributed by atoms with Crippen molar-refractivity contribution >= 4 is 21.9 Å². The van der Waals surface area contributed by atoms with E-state index >= 15 is 0 Å². The minimum Gasteiger partial charge on any atom is -0.481 e. The second-order valence-corrected chi connectivity index (χ2v) is 5.78. The highest BCUT2D eigenvalue weighted by Gasteiger charge is 2.24. The van der Waals surface area contributed by atoms with Gasteiger partial charge in [-0.25, -0.2) is 0 Å². The first-order chi connectivity index (χ1) is 9.51. The first kappa shape index (κ1) is 15.5. The number of aryl methyl sites for hydroxylation is 2. The van der Waals surface area contributed by atoms with E-state index < -0.39 is 5.97 Å². The quantitative estimate of drug-likeness (QED) is 0.878. The lowest BCUT2D eigenvalue weighted by Gasteiger charge is -2.32. The third-order valence-corrected chi connectivity index (χ3v) is 4.48. The summed E-state index contributed by atoms with van der Waals surface area (Å²) in [6.45, 7) is 7.67. The van der Waals surface area contributed by atoms with Crippen molar-refractivity contribution in [1.29, 1.82) is 0 Å². The number of hydrogen-bond acceptors (Lipinski definition) is 4. The van der Waals surface area contributed by atoms with Gasteiger partial charge in [-0.3, -0.25) is 14.4 Å². The number of hydrogen-bond donors (Lipinski definition) is 1. The van der Waals surface area contributed by atoms with E-state index in [9.17, 15) is 4.79 Å². The summed E-state index contributed by atoms with van der Waals surface area (Å²) in [5.41, 5.74) is 2.12. The van der Waals surface area contributed by atoms with Crippen molar-refractivity contribution in [2.75, 3.05) is 19.7 Å². The van der Waals surface area contributed by atoms with Gasteiger partial charge in [0.2, 0.25) is 0 Å². The first-order valence-corrected chi connectivity index (χ1v) is 7.58. The van der Waals surface area contributed by atoms with Gasteiger partial charge in [0.15, 0.2) is 0 Å². The molecule has 1 unspecified atom stereocenters. The van der Waals surface area contributed by atoms with E-state index in [0.717, 1.165) is 35.5 Å². The number of ether oxygens (including phenoxy) is 1. The van der Waals surface area contributed by atoms with Gasteiger partial charge in [0.25, 0.3) is 0 Å². The summed E-state index contributed by atoms with van der Waals surface area (Å²) in [6, 6.07) is 0. The molecule has 20 heavy (non-hydrogen) atoms. The van der Waals surface area contributed by atoms with E-state index in [2.05, 4.69) is 32.9 Å². The SMILES string of the molecule is CCn1nc(C)c(Br)c1CN1CCOC(CC(=O)O)C1. The number of carboxylic acid groups (broad SMARTS) is 1. The number of rotatable bonds is 5. The van der Waals surface area contributed by atoms with Gasteiger partial charge < -0.3 is 9.84 Å². The minimum absolute atomic E-state index is 0.0593. The van der Waals surface area contributed by atoms with Gasteiger partial charge in [-0.2, -0.15) is 5.10 Å². The summed E-state index contributed by atoms with van der Waals surface area (Å²) < 4.78 is 8.52. The largest absolute Gasteiger partial charge is 0.481 e. The van der Waals surface area contributed by atoms with E-state index in [-0.39, 0.29) is 12.5 Å². The van der Waals surface area contributed by atoms with Crippen LogP contribution in [0.4, 0.5) is 0 Å². The predicted molar refractivity (Wildman–Crippen MR) is 77.6 cm³/mol. The maximum Gasteiger partial charge on any atom is 0.306 e. The molecule has 0 saturated carbocycles. The van der Waals surface area contributed by atoms with Gasteiger partial charge in [-0.1, -0.05) is 0 Å². The van der Waals surface area contributed by atoms with Gasteiger partial charge in [-0.05, 0) is 29.8 Å². The molecule has 0 aromatic carbocycles. The Bertz CT molecular complexity index is 489. The molecular weight excluding hydrogens is 326 g/mol. The molecule has 6 nitrogen and oxygen atoms in total. The Kier molecular flexibility index (Phi) is 5.17. The number of carboxylic acids is 1. The Morgan fingerprint density at radius 3 is 3.00 bits per heavy atom. The smallest absolute Gasteiger partial charge is 0.306 e. The first-order valence-electron chi connectivity index (χ1n) is 6.78. The Balaban J connectivity index is 2.04. The molecule has 112 valence electrons. The van der Waals surface area contributed by atoms with Crippen LogP contribution in [0.3, 0.4) is 0 Å². The third kappa shape index (κ3) is 3.59. The lowest BCUT2D eigenvalue weighted by Crippen LogP contribution is -2.43. The molecule has 1 aliphatic rings. The number of aliphatic carboxylic acids is 1. The van der Waals surface area contributed by atoms with Gasteiger partial charge in [0, 0.05) is 26.2 Å². The Hall–Kier alpha value is -0.920. The molecule has 1 atom stereocenters. The zero-order chi connectivity index (χ0) is 14.7. The van der Waals surface area contributed by atoms with E-state index in [4.69, 9.17) is 9.84 Å². The molecule has 0 amide bonds. The second kappa shape index (κ2) is 6.69. The van der Waals surface area contributed by atoms with Crippen LogP contribution in [0.25, 0.3) is 0 Å². The highest BCUT2D eigenvalue weighted by atomic mass is 79.9. The highest BCUT2D eigenvalue weighted by Crippen LogP contribution is 2.23. The molecule has 1 aliphatic heterocycles. The molecule has 1 N–H and O–H groups in total. The Labute approximate surface area is 126 Å². The summed E-state index contributed by atoms with van der Waals surface area (Å²) in [7, 11) is 0. The minimum atomic E-state index is -0.813. The van der Waals surface area contributed by atoms with Crippen LogP contribution in [0.15, 0.2) is 4.47 Å². The average molecular weight is 346 g/mol. The van der Waals surface area contributed by atoms with Crippen molar-refractivity contribution in [3.05, 3.63) is 15.9 Å². The zero-order valence-corrected chi connectivity index (χ0v) is 13.4. The van der Waals surface area contributed by atoms with Gasteiger partial charge in [0.1, 0.15) is 0 Å². The van der Waals surface area contributed by atoms with Gasteiger partial charge in [-0.15, -0.1) is 0 Å². The summed E-state index contributed by atoms with van der Waals surface area (Å²) in [5.74, 6) is -0.813. The molecule has 0 aliphatic carbocycles. The Morgan fingerprint density at radius 2 is 2.35 bits per heavy atom. The number of morpholine rings is 1. The van der Waals surface area contributed by atoms with Crippen LogP contribution in [-0.4, -0.2) is 51.6 Å². The predicted octanol–water partition coefficient (Wildman–Crippen LogP) is 1.65. The third-order valence-electron chi connectivity index (χ3n) is 3.45. The van der Waals surface area contributed by atoms with Gasteiger partial charge in [0.05, 0.1) is 35.0 Å². The second-order valence-electron chi connectivity index (χ2n) is 4.99. The lowest BCUT2D eigenvalue weighted by molar-refractivity contribution is -0.142. The zero-order valence-electron chi connectivity index (χ0n) is 11.8. The van der Waals surface area contributed by atoms with E-state index in [1.807, 2.05) is 11.6 Å².